The molecule has 1 N–H and O–H groups in total. The maximum atomic E-state index is 12.8. The normalized spacial score (nSPS) is 23.4. The molecule has 1 saturated heterocycles. The average Bonchev–Trinajstić information content (AvgIpc) is 3.32. The Morgan fingerprint density at radius 3 is 2.52 bits per heavy atom. The Morgan fingerprint density at radius 2 is 1.85 bits per heavy atom. The molecule has 2 amide bonds. The van der Waals surface area contributed by atoms with Crippen LogP contribution in [0.1, 0.15) is 58.9 Å². The van der Waals surface area contributed by atoms with Gasteiger partial charge in [0.2, 0.25) is 5.91 Å². The van der Waals surface area contributed by atoms with Crippen molar-refractivity contribution in [2.75, 3.05) is 19.3 Å². The zero-order chi connectivity index (χ0) is 24.2. The van der Waals surface area contributed by atoms with E-state index in [2.05, 4.69) is 17.9 Å². The van der Waals surface area contributed by atoms with E-state index in [9.17, 15) is 9.59 Å². The Labute approximate surface area is 203 Å². The van der Waals surface area contributed by atoms with Crippen LogP contribution in [0.25, 0.3) is 0 Å². The van der Waals surface area contributed by atoms with Crippen molar-refractivity contribution in [2.24, 2.45) is 5.92 Å². The Bertz CT molecular complexity index is 834. The van der Waals surface area contributed by atoms with Crippen LogP contribution in [0.4, 0.5) is 4.79 Å². The zero-order valence-electron chi connectivity index (χ0n) is 20.4. The van der Waals surface area contributed by atoms with Crippen molar-refractivity contribution in [1.82, 2.24) is 10.2 Å². The first-order valence-corrected chi connectivity index (χ1v) is 12.4. The number of amides is 2. The van der Waals surface area contributed by atoms with Gasteiger partial charge in [0.25, 0.3) is 0 Å². The molecule has 9 heteroatoms. The third kappa shape index (κ3) is 6.25. The first kappa shape index (κ1) is 25.9. The fourth-order valence-electron chi connectivity index (χ4n) is 4.29. The van der Waals surface area contributed by atoms with Crippen LogP contribution in [0.3, 0.4) is 0 Å². The van der Waals surface area contributed by atoms with Gasteiger partial charge in [-0.3, -0.25) is 4.79 Å². The summed E-state index contributed by atoms with van der Waals surface area (Å²) in [4.78, 5) is 26.1. The summed E-state index contributed by atoms with van der Waals surface area (Å²) in [6, 6.07) is 7.87. The minimum absolute atomic E-state index is 0.0295. The number of nitrogens with one attached hydrogen (secondary N) is 1. The second-order valence-electron chi connectivity index (χ2n) is 10.1. The molecule has 33 heavy (non-hydrogen) atoms. The third-order valence-electron chi connectivity index (χ3n) is 7.19. The molecule has 182 valence electrons. The summed E-state index contributed by atoms with van der Waals surface area (Å²) in [5.74, 6) is 0.950. The van der Waals surface area contributed by atoms with Crippen LogP contribution in [0.15, 0.2) is 24.3 Å². The molecule has 0 bridgehead atoms. The molecule has 1 heterocycles. The van der Waals surface area contributed by atoms with E-state index in [0.29, 0.717) is 24.6 Å². The van der Waals surface area contributed by atoms with Gasteiger partial charge in [-0.25, -0.2) is 4.79 Å². The molecule has 0 spiro atoms. The number of rotatable bonds is 8. The summed E-state index contributed by atoms with van der Waals surface area (Å²) in [5, 5.41) is 2.96. The van der Waals surface area contributed by atoms with Gasteiger partial charge in [-0.15, -0.1) is 0 Å². The Morgan fingerprint density at radius 1 is 1.18 bits per heavy atom. The van der Waals surface area contributed by atoms with Crippen molar-refractivity contribution in [3.05, 3.63) is 29.8 Å². The van der Waals surface area contributed by atoms with Gasteiger partial charge in [0, 0.05) is 26.1 Å². The van der Waals surface area contributed by atoms with E-state index in [-0.39, 0.29) is 24.6 Å². The second kappa shape index (κ2) is 10.7. The first-order chi connectivity index (χ1) is 15.5. The molecular weight excluding hydrogens is 439 g/mol. The summed E-state index contributed by atoms with van der Waals surface area (Å²) in [6.45, 7) is 8.87. The Kier molecular flexibility index (Phi) is 8.40. The van der Waals surface area contributed by atoms with Crippen molar-refractivity contribution in [2.45, 2.75) is 77.2 Å². The predicted molar refractivity (Wildman–Crippen MR) is 133 cm³/mol. The maximum absolute atomic E-state index is 12.8. The third-order valence-corrected chi connectivity index (χ3v) is 7.41. The van der Waals surface area contributed by atoms with Crippen LogP contribution >= 0.6 is 12.6 Å². The van der Waals surface area contributed by atoms with Crippen molar-refractivity contribution >= 4 is 37.2 Å². The lowest BCUT2D eigenvalue weighted by Crippen LogP contribution is -2.41. The molecular formula is C24H37BN2O5S. The number of benzene rings is 1. The van der Waals surface area contributed by atoms with Gasteiger partial charge >= 0.3 is 13.2 Å². The highest BCUT2D eigenvalue weighted by atomic mass is 32.1. The van der Waals surface area contributed by atoms with Crippen LogP contribution in [0, 0.1) is 5.92 Å². The minimum atomic E-state index is -0.504. The SMILES string of the molecule is CN(C(=O)OCc1ccccc1B1OC(C)(C)C(C)(C)O1)C1CCC(CNC(=O)CCS)C1. The first-order valence-electron chi connectivity index (χ1n) is 11.7. The van der Waals surface area contributed by atoms with E-state index in [0.717, 1.165) is 30.3 Å². The largest absolute Gasteiger partial charge is 0.495 e. The van der Waals surface area contributed by atoms with E-state index >= 15 is 0 Å². The fraction of sp³-hybridized carbons (Fsp3) is 0.667. The van der Waals surface area contributed by atoms with Crippen molar-refractivity contribution in [3.8, 4) is 0 Å². The second-order valence-corrected chi connectivity index (χ2v) is 10.5. The quantitative estimate of drug-likeness (QED) is 0.445. The minimum Gasteiger partial charge on any atom is -0.445 e. The molecule has 0 radical (unpaired) electrons. The lowest BCUT2D eigenvalue weighted by molar-refractivity contribution is -0.120. The van der Waals surface area contributed by atoms with Gasteiger partial charge < -0.3 is 24.3 Å². The van der Waals surface area contributed by atoms with Gasteiger partial charge in [0.15, 0.2) is 0 Å². The molecule has 1 saturated carbocycles. The van der Waals surface area contributed by atoms with Crippen LogP contribution in [0.5, 0.6) is 0 Å². The van der Waals surface area contributed by atoms with Crippen molar-refractivity contribution in [1.29, 1.82) is 0 Å². The molecule has 1 aliphatic carbocycles. The molecule has 2 atom stereocenters. The molecule has 7 nitrogen and oxygen atoms in total. The number of carbonyl (C=O) groups is 2. The smallest absolute Gasteiger partial charge is 0.445 e. The lowest BCUT2D eigenvalue weighted by Gasteiger charge is -2.32. The number of hydrogen-bond acceptors (Lipinski definition) is 6. The Balaban J connectivity index is 1.53. The summed E-state index contributed by atoms with van der Waals surface area (Å²) in [6.07, 6.45) is 2.83. The molecule has 2 aliphatic rings. The van der Waals surface area contributed by atoms with Crippen LogP contribution in [0.2, 0.25) is 0 Å². The van der Waals surface area contributed by atoms with Gasteiger partial charge in [0.05, 0.1) is 11.2 Å². The fourth-order valence-corrected chi connectivity index (χ4v) is 4.49. The monoisotopic (exact) mass is 476 g/mol. The number of ether oxygens (including phenoxy) is 1. The zero-order valence-corrected chi connectivity index (χ0v) is 21.3. The summed E-state index contributed by atoms with van der Waals surface area (Å²) in [5.41, 5.74) is 0.873. The topological polar surface area (TPSA) is 77.1 Å². The van der Waals surface area contributed by atoms with Gasteiger partial charge in [-0.1, -0.05) is 24.3 Å². The average molecular weight is 476 g/mol. The predicted octanol–water partition coefficient (Wildman–Crippen LogP) is 3.16. The highest BCUT2D eigenvalue weighted by Gasteiger charge is 2.52. The molecule has 3 rings (SSSR count). The van der Waals surface area contributed by atoms with Crippen LogP contribution in [-0.2, 0) is 25.4 Å². The standard InChI is InChI=1S/C24H37BN2O5S/c1-23(2)24(3,4)32-25(31-23)20-9-7-6-8-18(20)16-30-22(29)27(5)19-11-10-17(14-19)15-26-21(28)12-13-33/h6-9,17,19,33H,10-16H2,1-5H3,(H,26,28). The van der Waals surface area contributed by atoms with E-state index in [1.165, 1.54) is 0 Å². The molecule has 1 aliphatic heterocycles. The molecule has 2 fully saturated rings. The maximum Gasteiger partial charge on any atom is 0.495 e. The van der Waals surface area contributed by atoms with Crippen LogP contribution < -0.4 is 10.8 Å². The Hall–Kier alpha value is -1.71. The molecule has 1 aromatic carbocycles. The van der Waals surface area contributed by atoms with E-state index < -0.39 is 18.3 Å². The highest BCUT2D eigenvalue weighted by Crippen LogP contribution is 2.36. The van der Waals surface area contributed by atoms with Crippen molar-refractivity contribution in [3.63, 3.8) is 0 Å². The van der Waals surface area contributed by atoms with Crippen LogP contribution in [-0.4, -0.2) is 60.6 Å². The lowest BCUT2D eigenvalue weighted by atomic mass is 9.76. The van der Waals surface area contributed by atoms with E-state index in [4.69, 9.17) is 14.0 Å². The summed E-state index contributed by atoms with van der Waals surface area (Å²) in [7, 11) is 1.28. The molecule has 2 unspecified atom stereocenters. The molecule has 0 aromatic heterocycles. The number of carbonyl (C=O) groups excluding carboxylic acids is 2. The van der Waals surface area contributed by atoms with Gasteiger partial charge in [-0.05, 0) is 69.7 Å². The summed E-state index contributed by atoms with van der Waals surface area (Å²) >= 11 is 4.09. The van der Waals surface area contributed by atoms with Gasteiger partial charge in [-0.2, -0.15) is 12.6 Å². The number of thiol groups is 1. The van der Waals surface area contributed by atoms with Crippen molar-refractivity contribution < 1.29 is 23.6 Å². The highest BCUT2D eigenvalue weighted by molar-refractivity contribution is 7.80. The van der Waals surface area contributed by atoms with Gasteiger partial charge in [0.1, 0.15) is 6.61 Å². The summed E-state index contributed by atoms with van der Waals surface area (Å²) < 4.78 is 18.0. The number of hydrogen-bond donors (Lipinski definition) is 2. The van der Waals surface area contributed by atoms with E-state index in [1.54, 1.807) is 11.9 Å². The molecule has 1 aromatic rings. The van der Waals surface area contributed by atoms with E-state index in [1.807, 2.05) is 52.0 Å². The number of nitrogens with zero attached hydrogens (tertiary/aromatic N) is 1.